The third-order valence-corrected chi connectivity index (χ3v) is 12.1. The standard InChI is InChI=1S/C45H81N13O11/c1-12-25(7)35(41(66)52-30(18-16-20-49-45(46)47)44(69)58-21-17-19-31(58)39(64)48-15-4)54-38(63)29(14-3)51-43(68)37(27(9)59)56-42(67)36(26(8)13-2)55-40(65)34(24(5)6)53-32(61)22-50-33(62)23-57(11)28(10)60/h24-27,29-31,34-37,59H,12-23H2,1-11H3,(H,48,64)(H,50,62)(H,51,68)(H,52,66)(H,53,61)(H,54,63)(H,55,65)(H,56,67)(H4,46,47,49)/t25-,26-,27+,29-,30-,31-,34-,35-,36+,37-/m0/s1. The predicted molar refractivity (Wildman–Crippen MR) is 257 cm³/mol. The second-order valence-corrected chi connectivity index (χ2v) is 18.0. The van der Waals surface area contributed by atoms with E-state index in [-0.39, 0.29) is 43.7 Å². The number of likely N-dealkylation sites (tertiary alicyclic amines) is 1. The molecule has 0 radical (unpaired) electrons. The number of nitrogens with two attached hydrogens (primary N) is 2. The van der Waals surface area contributed by atoms with Crippen LogP contribution in [0.15, 0.2) is 4.99 Å². The molecule has 0 saturated carbocycles. The van der Waals surface area contributed by atoms with Gasteiger partial charge in [0.15, 0.2) is 5.96 Å². The Balaban J connectivity index is 3.25. The molecule has 392 valence electrons. The van der Waals surface area contributed by atoms with E-state index in [1.807, 2.05) is 0 Å². The van der Waals surface area contributed by atoms with Gasteiger partial charge in [0, 0.05) is 33.6 Å². The maximum atomic E-state index is 14.1. The maximum Gasteiger partial charge on any atom is 0.245 e. The molecule has 0 aromatic carbocycles. The summed E-state index contributed by atoms with van der Waals surface area (Å²) >= 11 is 0. The molecule has 0 aromatic heterocycles. The van der Waals surface area contributed by atoms with Crippen molar-refractivity contribution in [2.75, 3.05) is 39.8 Å². The van der Waals surface area contributed by atoms with Crippen LogP contribution in [0.25, 0.3) is 0 Å². The number of hydrogen-bond donors (Lipinski definition) is 11. The smallest absolute Gasteiger partial charge is 0.245 e. The minimum atomic E-state index is -1.62. The van der Waals surface area contributed by atoms with Crippen LogP contribution in [0, 0.1) is 17.8 Å². The van der Waals surface area contributed by atoms with Gasteiger partial charge in [0.1, 0.15) is 42.3 Å². The van der Waals surface area contributed by atoms with Crippen LogP contribution in [0.1, 0.15) is 114 Å². The molecular weight excluding hydrogens is 899 g/mol. The summed E-state index contributed by atoms with van der Waals surface area (Å²) in [5, 5.41) is 31.7. The first-order valence-corrected chi connectivity index (χ1v) is 24.0. The number of likely N-dealkylation sites (N-methyl/N-ethyl adjacent to an activating group) is 2. The fraction of sp³-hybridized carbons (Fsp3) is 0.756. The number of aliphatic imine (C=N–C) groups is 1. The highest BCUT2D eigenvalue weighted by molar-refractivity contribution is 5.98. The zero-order chi connectivity index (χ0) is 52.7. The SMILES string of the molecule is CCNC(=O)[C@@H]1CCCN1C(=O)[C@H](CCCN=C(N)N)NC(=O)[C@@H](NC(=O)[C@H](CC)NC(=O)[C@@H](NC(=O)[C@H](NC(=O)[C@@H](NC(=O)CNC(=O)CN(C)C(C)=O)C(C)C)[C@@H](C)CC)[C@@H](C)O)[C@@H](C)CC. The predicted octanol–water partition coefficient (Wildman–Crippen LogP) is -2.79. The molecule has 10 amide bonds. The van der Waals surface area contributed by atoms with Crippen molar-refractivity contribution in [1.29, 1.82) is 0 Å². The highest BCUT2D eigenvalue weighted by Crippen LogP contribution is 2.21. The molecule has 0 spiro atoms. The van der Waals surface area contributed by atoms with Gasteiger partial charge in [-0.05, 0) is 63.7 Å². The number of aliphatic hydroxyl groups excluding tert-OH is 1. The Kier molecular flexibility index (Phi) is 26.9. The van der Waals surface area contributed by atoms with E-state index in [2.05, 4.69) is 47.5 Å². The molecule has 69 heavy (non-hydrogen) atoms. The molecule has 1 fully saturated rings. The van der Waals surface area contributed by atoms with Crippen molar-refractivity contribution in [1.82, 2.24) is 52.3 Å². The van der Waals surface area contributed by atoms with Crippen molar-refractivity contribution in [2.24, 2.45) is 34.2 Å². The van der Waals surface area contributed by atoms with Crippen molar-refractivity contribution in [2.45, 2.75) is 163 Å². The molecule has 24 heteroatoms. The van der Waals surface area contributed by atoms with Crippen LogP contribution in [0.4, 0.5) is 0 Å². The van der Waals surface area contributed by atoms with E-state index in [4.69, 9.17) is 11.5 Å². The number of aliphatic hydroxyl groups is 1. The van der Waals surface area contributed by atoms with E-state index < -0.39 is 120 Å². The molecule has 0 aliphatic carbocycles. The molecule has 1 rings (SSSR count). The summed E-state index contributed by atoms with van der Waals surface area (Å²) in [5.41, 5.74) is 11.0. The molecule has 1 aliphatic heterocycles. The zero-order valence-corrected chi connectivity index (χ0v) is 42.4. The number of hydrogen-bond acceptors (Lipinski definition) is 12. The summed E-state index contributed by atoms with van der Waals surface area (Å²) in [6.07, 6.45) is 0.764. The Morgan fingerprint density at radius 1 is 0.681 bits per heavy atom. The maximum absolute atomic E-state index is 14.1. The second-order valence-electron chi connectivity index (χ2n) is 18.0. The lowest BCUT2D eigenvalue weighted by Crippen LogP contribution is -2.63. The quantitative estimate of drug-likeness (QED) is 0.0206. The monoisotopic (exact) mass is 980 g/mol. The van der Waals surface area contributed by atoms with Gasteiger partial charge in [-0.2, -0.15) is 0 Å². The Labute approximate surface area is 406 Å². The highest BCUT2D eigenvalue weighted by atomic mass is 16.3. The van der Waals surface area contributed by atoms with Crippen LogP contribution < -0.4 is 54.0 Å². The van der Waals surface area contributed by atoms with Crippen molar-refractivity contribution >= 4 is 65.0 Å². The molecule has 0 unspecified atom stereocenters. The van der Waals surface area contributed by atoms with Crippen LogP contribution in [0.2, 0.25) is 0 Å². The normalized spacial score (nSPS) is 17.2. The van der Waals surface area contributed by atoms with E-state index in [0.29, 0.717) is 45.2 Å². The lowest BCUT2D eigenvalue weighted by atomic mass is 9.95. The van der Waals surface area contributed by atoms with Crippen molar-refractivity contribution in [3.05, 3.63) is 0 Å². The van der Waals surface area contributed by atoms with Crippen LogP contribution in [0.3, 0.4) is 0 Å². The van der Waals surface area contributed by atoms with E-state index in [1.54, 1.807) is 55.4 Å². The summed E-state index contributed by atoms with van der Waals surface area (Å²) in [4.78, 5) is 139. The highest BCUT2D eigenvalue weighted by Gasteiger charge is 2.40. The molecule has 13 N–H and O–H groups in total. The van der Waals surface area contributed by atoms with Gasteiger partial charge in [-0.1, -0.05) is 61.3 Å². The van der Waals surface area contributed by atoms with E-state index in [1.165, 1.54) is 25.8 Å². The molecule has 10 atom stereocenters. The first-order chi connectivity index (χ1) is 32.3. The average Bonchev–Trinajstić information content (AvgIpc) is 3.79. The van der Waals surface area contributed by atoms with E-state index >= 15 is 0 Å². The molecule has 0 aromatic rings. The Hall–Kier alpha value is -6.07. The van der Waals surface area contributed by atoms with Crippen LogP contribution in [-0.2, 0) is 47.9 Å². The largest absolute Gasteiger partial charge is 0.391 e. The first-order valence-electron chi connectivity index (χ1n) is 24.0. The average molecular weight is 980 g/mol. The Morgan fingerprint density at radius 3 is 1.71 bits per heavy atom. The summed E-state index contributed by atoms with van der Waals surface area (Å²) < 4.78 is 0. The van der Waals surface area contributed by atoms with Gasteiger partial charge in [0.25, 0.3) is 0 Å². The summed E-state index contributed by atoms with van der Waals surface area (Å²) in [6, 6.07) is -8.32. The van der Waals surface area contributed by atoms with Gasteiger partial charge in [-0.25, -0.2) is 0 Å². The Bertz CT molecular complexity index is 1810. The molecule has 1 saturated heterocycles. The molecule has 1 aliphatic rings. The number of rotatable bonds is 29. The topological polar surface area (TPSA) is 358 Å². The third kappa shape index (κ3) is 20.2. The number of carbonyl (C=O) groups is 10. The van der Waals surface area contributed by atoms with Gasteiger partial charge < -0.3 is 68.9 Å². The third-order valence-electron chi connectivity index (χ3n) is 12.1. The number of amides is 10. The van der Waals surface area contributed by atoms with Crippen LogP contribution in [0.5, 0.6) is 0 Å². The van der Waals surface area contributed by atoms with Crippen LogP contribution >= 0.6 is 0 Å². The minimum Gasteiger partial charge on any atom is -0.391 e. The van der Waals surface area contributed by atoms with Crippen molar-refractivity contribution < 1.29 is 53.1 Å². The van der Waals surface area contributed by atoms with Crippen molar-refractivity contribution in [3.8, 4) is 0 Å². The van der Waals surface area contributed by atoms with Gasteiger partial charge in [-0.3, -0.25) is 52.9 Å². The number of carbonyl (C=O) groups excluding carboxylic acids is 10. The van der Waals surface area contributed by atoms with Gasteiger partial charge >= 0.3 is 0 Å². The van der Waals surface area contributed by atoms with Gasteiger partial charge in [-0.15, -0.1) is 0 Å². The molecule has 24 nitrogen and oxygen atoms in total. The number of nitrogens with one attached hydrogen (secondary N) is 8. The fourth-order valence-electron chi connectivity index (χ4n) is 7.30. The molecule has 0 bridgehead atoms. The lowest BCUT2D eigenvalue weighted by Gasteiger charge is -2.32. The molecular formula is C45H81N13O11. The number of guanidine groups is 1. The second kappa shape index (κ2) is 30.4. The van der Waals surface area contributed by atoms with E-state index in [0.717, 1.165) is 4.90 Å². The minimum absolute atomic E-state index is 0.0158. The van der Waals surface area contributed by atoms with E-state index in [9.17, 15) is 53.1 Å². The summed E-state index contributed by atoms with van der Waals surface area (Å²) in [6.45, 7) is 16.3. The summed E-state index contributed by atoms with van der Waals surface area (Å²) in [5.74, 6) is -8.00. The summed E-state index contributed by atoms with van der Waals surface area (Å²) in [7, 11) is 1.42. The first kappa shape index (κ1) is 60.9. The zero-order valence-electron chi connectivity index (χ0n) is 42.4. The van der Waals surface area contributed by atoms with Crippen LogP contribution in [-0.4, -0.2) is 168 Å². The van der Waals surface area contributed by atoms with Gasteiger partial charge in [0.2, 0.25) is 59.1 Å². The lowest BCUT2D eigenvalue weighted by molar-refractivity contribution is -0.142. The van der Waals surface area contributed by atoms with Crippen molar-refractivity contribution in [3.63, 3.8) is 0 Å². The number of nitrogens with zero attached hydrogens (tertiary/aromatic N) is 3. The van der Waals surface area contributed by atoms with Gasteiger partial charge in [0.05, 0.1) is 19.2 Å². The fourth-order valence-corrected chi connectivity index (χ4v) is 7.30. The molecule has 1 heterocycles. The Morgan fingerprint density at radius 2 is 1.20 bits per heavy atom.